The Morgan fingerprint density at radius 3 is 3.15 bits per heavy atom. The molecule has 13 heavy (non-hydrogen) atoms. The van der Waals surface area contributed by atoms with Gasteiger partial charge >= 0.3 is 0 Å². The van der Waals surface area contributed by atoms with Crippen LogP contribution in [0.1, 0.15) is 13.3 Å². The molecule has 0 saturated carbocycles. The zero-order valence-corrected chi connectivity index (χ0v) is 8.17. The largest absolute Gasteiger partial charge is 0.396 e. The highest BCUT2D eigenvalue weighted by atomic mass is 32.2. The molecule has 4 nitrogen and oxygen atoms in total. The maximum atomic E-state index is 11.2. The van der Waals surface area contributed by atoms with Crippen molar-refractivity contribution in [3.63, 3.8) is 0 Å². The van der Waals surface area contributed by atoms with Crippen LogP contribution >= 0.6 is 11.8 Å². The predicted molar refractivity (Wildman–Crippen MR) is 51.9 cm³/mol. The van der Waals surface area contributed by atoms with Gasteiger partial charge in [-0.15, -0.1) is 0 Å². The van der Waals surface area contributed by atoms with Gasteiger partial charge in [0.2, 0.25) is 0 Å². The van der Waals surface area contributed by atoms with Gasteiger partial charge < -0.3 is 10.1 Å². The van der Waals surface area contributed by atoms with E-state index in [1.165, 1.54) is 18.0 Å². The lowest BCUT2D eigenvalue weighted by Gasteiger charge is -2.06. The van der Waals surface area contributed by atoms with E-state index in [1.807, 2.05) is 6.92 Å². The SMILES string of the molecule is CC(CCO)Sc1ncc[nH]c1=O. The second-order valence-electron chi connectivity index (χ2n) is 2.66. The maximum Gasteiger partial charge on any atom is 0.280 e. The van der Waals surface area contributed by atoms with Gasteiger partial charge in [0.15, 0.2) is 5.03 Å². The fourth-order valence-corrected chi connectivity index (χ4v) is 1.75. The van der Waals surface area contributed by atoms with Crippen LogP contribution in [0.15, 0.2) is 22.2 Å². The molecule has 1 aromatic rings. The molecule has 0 radical (unpaired) electrons. The molecular weight excluding hydrogens is 188 g/mol. The molecule has 1 aromatic heterocycles. The van der Waals surface area contributed by atoms with Crippen molar-refractivity contribution in [3.8, 4) is 0 Å². The van der Waals surface area contributed by atoms with Crippen LogP contribution in [0, 0.1) is 0 Å². The minimum Gasteiger partial charge on any atom is -0.396 e. The standard InChI is InChI=1S/C8H12N2O2S/c1-6(2-5-11)13-8-7(12)9-3-4-10-8/h3-4,6,11H,2,5H2,1H3,(H,9,12). The van der Waals surface area contributed by atoms with Gasteiger partial charge in [0, 0.05) is 24.3 Å². The normalized spacial score (nSPS) is 12.8. The smallest absolute Gasteiger partial charge is 0.280 e. The van der Waals surface area contributed by atoms with Crippen LogP contribution in [0.3, 0.4) is 0 Å². The molecule has 0 aliphatic carbocycles. The van der Waals surface area contributed by atoms with Gasteiger partial charge in [0.1, 0.15) is 0 Å². The lowest BCUT2D eigenvalue weighted by atomic mass is 10.3. The zero-order chi connectivity index (χ0) is 9.68. The number of aliphatic hydroxyl groups excluding tert-OH is 1. The summed E-state index contributed by atoms with van der Waals surface area (Å²) in [6.45, 7) is 2.09. The minimum atomic E-state index is -0.169. The monoisotopic (exact) mass is 200 g/mol. The summed E-state index contributed by atoms with van der Waals surface area (Å²) in [6.07, 6.45) is 3.72. The van der Waals surface area contributed by atoms with Crippen LogP contribution in [0.5, 0.6) is 0 Å². The van der Waals surface area contributed by atoms with Gasteiger partial charge in [-0.25, -0.2) is 4.98 Å². The summed E-state index contributed by atoms with van der Waals surface area (Å²) >= 11 is 1.38. The van der Waals surface area contributed by atoms with Gasteiger partial charge in [-0.2, -0.15) is 0 Å². The third-order valence-corrected chi connectivity index (χ3v) is 2.68. The Morgan fingerprint density at radius 1 is 1.77 bits per heavy atom. The first-order valence-corrected chi connectivity index (χ1v) is 4.93. The minimum absolute atomic E-state index is 0.138. The van der Waals surface area contributed by atoms with Gasteiger partial charge in [-0.1, -0.05) is 18.7 Å². The van der Waals surface area contributed by atoms with Crippen molar-refractivity contribution in [1.82, 2.24) is 9.97 Å². The van der Waals surface area contributed by atoms with Crippen molar-refractivity contribution in [2.75, 3.05) is 6.61 Å². The van der Waals surface area contributed by atoms with Crippen LogP contribution in [-0.2, 0) is 0 Å². The van der Waals surface area contributed by atoms with E-state index in [9.17, 15) is 4.79 Å². The average Bonchev–Trinajstić information content (AvgIpc) is 2.09. The summed E-state index contributed by atoms with van der Waals surface area (Å²) in [5.41, 5.74) is -0.169. The van der Waals surface area contributed by atoms with Crippen molar-refractivity contribution in [1.29, 1.82) is 0 Å². The fraction of sp³-hybridized carbons (Fsp3) is 0.500. The van der Waals surface area contributed by atoms with E-state index in [-0.39, 0.29) is 17.4 Å². The number of thioether (sulfide) groups is 1. The maximum absolute atomic E-state index is 11.2. The summed E-state index contributed by atoms with van der Waals surface area (Å²) in [5, 5.41) is 9.34. The molecule has 0 saturated heterocycles. The van der Waals surface area contributed by atoms with Crippen LogP contribution in [0.25, 0.3) is 0 Å². The molecule has 1 atom stereocenters. The van der Waals surface area contributed by atoms with Crippen molar-refractivity contribution in [2.45, 2.75) is 23.6 Å². The highest BCUT2D eigenvalue weighted by molar-refractivity contribution is 7.99. The predicted octanol–water partition coefficient (Wildman–Crippen LogP) is 0.633. The van der Waals surface area contributed by atoms with Crippen molar-refractivity contribution in [3.05, 3.63) is 22.7 Å². The number of aliphatic hydroxyl groups is 1. The zero-order valence-electron chi connectivity index (χ0n) is 7.36. The first-order valence-electron chi connectivity index (χ1n) is 4.05. The highest BCUT2D eigenvalue weighted by Gasteiger charge is 2.07. The van der Waals surface area contributed by atoms with Crippen LogP contribution in [-0.4, -0.2) is 26.9 Å². The van der Waals surface area contributed by atoms with Gasteiger partial charge in [0.25, 0.3) is 5.56 Å². The molecule has 1 rings (SSSR count). The van der Waals surface area contributed by atoms with E-state index in [0.29, 0.717) is 11.4 Å². The van der Waals surface area contributed by atoms with Gasteiger partial charge in [0.05, 0.1) is 0 Å². The second kappa shape index (κ2) is 5.04. The molecule has 0 amide bonds. The van der Waals surface area contributed by atoms with Gasteiger partial charge in [-0.05, 0) is 6.42 Å². The lowest BCUT2D eigenvalue weighted by molar-refractivity contribution is 0.289. The van der Waals surface area contributed by atoms with E-state index < -0.39 is 0 Å². The number of aromatic nitrogens is 2. The number of H-pyrrole nitrogens is 1. The molecule has 5 heteroatoms. The second-order valence-corrected chi connectivity index (χ2v) is 4.09. The average molecular weight is 200 g/mol. The summed E-state index contributed by atoms with van der Waals surface area (Å²) in [7, 11) is 0. The summed E-state index contributed by atoms with van der Waals surface area (Å²) in [4.78, 5) is 17.6. The van der Waals surface area contributed by atoms with Gasteiger partial charge in [-0.3, -0.25) is 4.79 Å². The molecule has 2 N–H and O–H groups in total. The van der Waals surface area contributed by atoms with Crippen LogP contribution in [0.4, 0.5) is 0 Å². The molecule has 0 aromatic carbocycles. The Kier molecular flexibility index (Phi) is 3.98. The lowest BCUT2D eigenvalue weighted by Crippen LogP contribution is -2.11. The van der Waals surface area contributed by atoms with E-state index in [0.717, 1.165) is 0 Å². The summed E-state index contributed by atoms with van der Waals surface area (Å²) in [6, 6.07) is 0. The van der Waals surface area contributed by atoms with E-state index in [1.54, 1.807) is 6.20 Å². The Morgan fingerprint density at radius 2 is 2.54 bits per heavy atom. The third-order valence-electron chi connectivity index (χ3n) is 1.52. The number of hydrogen-bond acceptors (Lipinski definition) is 4. The molecule has 1 unspecified atom stereocenters. The van der Waals surface area contributed by atoms with Crippen molar-refractivity contribution < 1.29 is 5.11 Å². The fourth-order valence-electron chi connectivity index (χ4n) is 0.854. The summed E-state index contributed by atoms with van der Waals surface area (Å²) in [5.74, 6) is 0. The van der Waals surface area contributed by atoms with E-state index in [4.69, 9.17) is 5.11 Å². The number of aromatic amines is 1. The molecule has 0 spiro atoms. The van der Waals surface area contributed by atoms with Crippen LogP contribution in [0.2, 0.25) is 0 Å². The van der Waals surface area contributed by atoms with E-state index >= 15 is 0 Å². The number of hydrogen-bond donors (Lipinski definition) is 2. The first-order chi connectivity index (χ1) is 6.24. The van der Waals surface area contributed by atoms with Crippen LogP contribution < -0.4 is 5.56 Å². The Labute approximate surface area is 80.4 Å². The highest BCUT2D eigenvalue weighted by Crippen LogP contribution is 2.18. The Balaban J connectivity index is 2.63. The molecule has 1 heterocycles. The van der Waals surface area contributed by atoms with Crippen molar-refractivity contribution in [2.24, 2.45) is 0 Å². The number of nitrogens with one attached hydrogen (secondary N) is 1. The number of nitrogens with zero attached hydrogens (tertiary/aromatic N) is 1. The molecular formula is C8H12N2O2S. The molecule has 0 fully saturated rings. The Bertz CT molecular complexity index is 313. The molecule has 0 aliphatic rings. The van der Waals surface area contributed by atoms with Crippen molar-refractivity contribution >= 4 is 11.8 Å². The topological polar surface area (TPSA) is 66.0 Å². The molecule has 0 aliphatic heterocycles. The summed E-state index contributed by atoms with van der Waals surface area (Å²) < 4.78 is 0. The first kappa shape index (κ1) is 10.3. The van der Waals surface area contributed by atoms with E-state index in [2.05, 4.69) is 9.97 Å². The Hall–Kier alpha value is -0.810. The number of rotatable bonds is 4. The third kappa shape index (κ3) is 3.20. The molecule has 72 valence electrons. The quantitative estimate of drug-likeness (QED) is 0.700. The molecule has 0 bridgehead atoms.